The van der Waals surface area contributed by atoms with E-state index in [0.717, 1.165) is 5.56 Å². The first-order chi connectivity index (χ1) is 13.0. The van der Waals surface area contributed by atoms with Crippen molar-refractivity contribution < 1.29 is 23.9 Å². The van der Waals surface area contributed by atoms with Crippen molar-refractivity contribution in [3.63, 3.8) is 0 Å². The molecule has 2 aliphatic rings. The molecule has 2 aliphatic heterocycles. The Kier molecular flexibility index (Phi) is 6.06. The van der Waals surface area contributed by atoms with E-state index < -0.39 is 23.0 Å². The first-order valence-corrected chi connectivity index (χ1v) is 9.97. The van der Waals surface area contributed by atoms with Crippen LogP contribution in [-0.4, -0.2) is 60.8 Å². The molecule has 2 saturated heterocycles. The zero-order valence-electron chi connectivity index (χ0n) is 15.5. The van der Waals surface area contributed by atoms with Crippen LogP contribution in [0.3, 0.4) is 0 Å². The number of nitrogens with zero attached hydrogens (tertiary/aromatic N) is 1. The number of nitrogens with one attached hydrogen (secondary N) is 1. The molecule has 1 N–H and O–H groups in total. The Balaban J connectivity index is 1.69. The molecule has 1 aromatic rings. The van der Waals surface area contributed by atoms with Crippen molar-refractivity contribution in [3.8, 4) is 0 Å². The Morgan fingerprint density at radius 3 is 2.81 bits per heavy atom. The maximum absolute atomic E-state index is 12.7. The molecule has 0 bridgehead atoms. The minimum Gasteiger partial charge on any atom is -0.451 e. The lowest BCUT2D eigenvalue weighted by molar-refractivity contribution is -0.161. The second-order valence-electron chi connectivity index (χ2n) is 6.60. The minimum absolute atomic E-state index is 0.0528. The number of rotatable bonds is 7. The van der Waals surface area contributed by atoms with Gasteiger partial charge >= 0.3 is 5.97 Å². The third-order valence-corrected chi connectivity index (χ3v) is 6.49. The lowest BCUT2D eigenvalue weighted by atomic mass is 10.0. The highest BCUT2D eigenvalue weighted by Gasteiger charge is 2.57. The number of benzene rings is 1. The largest absolute Gasteiger partial charge is 0.451 e. The van der Waals surface area contributed by atoms with Crippen molar-refractivity contribution in [2.24, 2.45) is 0 Å². The predicted octanol–water partition coefficient (Wildman–Crippen LogP) is 1.27. The van der Waals surface area contributed by atoms with Gasteiger partial charge in [0.2, 0.25) is 5.91 Å². The van der Waals surface area contributed by atoms with Gasteiger partial charge in [-0.3, -0.25) is 9.59 Å². The fraction of sp³-hybridized carbons (Fsp3) is 0.526. The van der Waals surface area contributed by atoms with Crippen molar-refractivity contribution in [3.05, 3.63) is 35.9 Å². The zero-order chi connectivity index (χ0) is 19.4. The summed E-state index contributed by atoms with van der Waals surface area (Å²) in [5.74, 6) is -0.515. The average molecular weight is 392 g/mol. The van der Waals surface area contributed by atoms with Crippen molar-refractivity contribution in [2.45, 2.75) is 36.8 Å². The van der Waals surface area contributed by atoms with Crippen molar-refractivity contribution in [2.75, 3.05) is 26.0 Å². The molecule has 3 atom stereocenters. The van der Waals surface area contributed by atoms with Crippen LogP contribution in [-0.2, 0) is 28.7 Å². The molecule has 2 amide bonds. The highest BCUT2D eigenvalue weighted by Crippen LogP contribution is 2.54. The number of ether oxygens (including phenoxy) is 2. The van der Waals surface area contributed by atoms with Crippen LogP contribution in [0.5, 0.6) is 0 Å². The fourth-order valence-corrected chi connectivity index (χ4v) is 5.18. The highest BCUT2D eigenvalue weighted by molar-refractivity contribution is 8.00. The molecular weight excluding hydrogens is 368 g/mol. The van der Waals surface area contributed by atoms with E-state index in [0.29, 0.717) is 31.7 Å². The molecule has 3 rings (SSSR count). The quantitative estimate of drug-likeness (QED) is 0.556. The number of thioether (sulfide) groups is 1. The maximum Gasteiger partial charge on any atom is 0.330 e. The van der Waals surface area contributed by atoms with Crippen molar-refractivity contribution >= 4 is 29.5 Å². The molecule has 0 aliphatic carbocycles. The average Bonchev–Trinajstić information content (AvgIpc) is 3.22. The molecule has 1 aromatic carbocycles. The molecule has 2 heterocycles. The smallest absolute Gasteiger partial charge is 0.330 e. The number of methoxy groups -OCH3 is 1. The van der Waals surface area contributed by atoms with Crippen LogP contribution in [0.15, 0.2) is 30.3 Å². The van der Waals surface area contributed by atoms with E-state index in [2.05, 4.69) is 5.32 Å². The first-order valence-electron chi connectivity index (χ1n) is 8.98. The standard InChI is InChI=1S/C19H24N2O5S/c1-13(17(23)20-10-11-25-2)26-18(24)15-12-27-19(9-8-16(22)21(15)19)14-6-4-3-5-7-14/h3-7,13,15H,8-12H2,1-2H3,(H,20,23)/t13-,15+,19+/m0/s1. The molecule has 0 saturated carbocycles. The van der Waals surface area contributed by atoms with E-state index in [9.17, 15) is 14.4 Å². The Bertz CT molecular complexity index is 713. The highest BCUT2D eigenvalue weighted by atomic mass is 32.2. The van der Waals surface area contributed by atoms with E-state index in [1.54, 1.807) is 23.8 Å². The van der Waals surface area contributed by atoms with Crippen molar-refractivity contribution in [1.29, 1.82) is 0 Å². The normalized spacial score (nSPS) is 25.2. The molecule has 0 radical (unpaired) electrons. The Morgan fingerprint density at radius 1 is 1.37 bits per heavy atom. The number of esters is 1. The molecule has 0 aromatic heterocycles. The second kappa shape index (κ2) is 8.31. The van der Waals surface area contributed by atoms with Crippen LogP contribution in [0.2, 0.25) is 0 Å². The summed E-state index contributed by atoms with van der Waals surface area (Å²) in [5.41, 5.74) is 1.02. The Labute approximate surface area is 162 Å². The van der Waals surface area contributed by atoms with Gasteiger partial charge < -0.3 is 19.7 Å². The van der Waals surface area contributed by atoms with E-state index in [4.69, 9.17) is 9.47 Å². The van der Waals surface area contributed by atoms with Gasteiger partial charge in [-0.15, -0.1) is 11.8 Å². The Hall–Kier alpha value is -2.06. The van der Waals surface area contributed by atoms with Crippen LogP contribution in [0, 0.1) is 0 Å². The molecule has 0 spiro atoms. The summed E-state index contributed by atoms with van der Waals surface area (Å²) in [7, 11) is 1.54. The minimum atomic E-state index is -0.927. The van der Waals surface area contributed by atoms with E-state index in [-0.39, 0.29) is 11.8 Å². The summed E-state index contributed by atoms with van der Waals surface area (Å²) in [6.07, 6.45) is 0.139. The van der Waals surface area contributed by atoms with Crippen LogP contribution >= 0.6 is 11.8 Å². The second-order valence-corrected chi connectivity index (χ2v) is 7.90. The molecular formula is C19H24N2O5S. The summed E-state index contributed by atoms with van der Waals surface area (Å²) in [6, 6.07) is 9.08. The summed E-state index contributed by atoms with van der Waals surface area (Å²) < 4.78 is 10.2. The van der Waals surface area contributed by atoms with E-state index >= 15 is 0 Å². The van der Waals surface area contributed by atoms with Crippen LogP contribution in [0.1, 0.15) is 25.3 Å². The third kappa shape index (κ3) is 3.82. The lowest BCUT2D eigenvalue weighted by Crippen LogP contribution is -2.48. The molecule has 2 fully saturated rings. The number of amides is 2. The summed E-state index contributed by atoms with van der Waals surface area (Å²) in [5, 5.41) is 2.64. The summed E-state index contributed by atoms with van der Waals surface area (Å²) in [6.45, 7) is 2.25. The van der Waals surface area contributed by atoms with Gasteiger partial charge in [0.05, 0.1) is 6.61 Å². The molecule has 8 heteroatoms. The van der Waals surface area contributed by atoms with Crippen LogP contribution in [0.25, 0.3) is 0 Å². The monoisotopic (exact) mass is 392 g/mol. The van der Waals surface area contributed by atoms with Gasteiger partial charge in [-0.1, -0.05) is 30.3 Å². The van der Waals surface area contributed by atoms with Gasteiger partial charge in [-0.25, -0.2) is 4.79 Å². The van der Waals surface area contributed by atoms with Gasteiger partial charge in [0.25, 0.3) is 5.91 Å². The number of carbonyl (C=O) groups is 3. The van der Waals surface area contributed by atoms with Gasteiger partial charge in [-0.2, -0.15) is 0 Å². The number of carbonyl (C=O) groups excluding carboxylic acids is 3. The van der Waals surface area contributed by atoms with E-state index in [1.165, 1.54) is 6.92 Å². The summed E-state index contributed by atoms with van der Waals surface area (Å²) in [4.78, 5) is 38.4. The first kappa shape index (κ1) is 19.7. The third-order valence-electron chi connectivity index (χ3n) is 4.89. The SMILES string of the molecule is COCCNC(=O)[C@H](C)OC(=O)[C@H]1CS[C@@]2(c3ccccc3)CCC(=O)N12. The van der Waals surface area contributed by atoms with E-state index in [1.807, 2.05) is 30.3 Å². The summed E-state index contributed by atoms with van der Waals surface area (Å²) >= 11 is 1.59. The van der Waals surface area contributed by atoms with Crippen LogP contribution < -0.4 is 5.32 Å². The predicted molar refractivity (Wildman–Crippen MR) is 101 cm³/mol. The lowest BCUT2D eigenvalue weighted by Gasteiger charge is -2.33. The Morgan fingerprint density at radius 2 is 2.11 bits per heavy atom. The van der Waals surface area contributed by atoms with Gasteiger partial charge in [0, 0.05) is 25.8 Å². The number of fused-ring (bicyclic) bond motifs is 1. The van der Waals surface area contributed by atoms with Gasteiger partial charge in [-0.05, 0) is 18.9 Å². The maximum atomic E-state index is 12.7. The van der Waals surface area contributed by atoms with Gasteiger partial charge in [0.15, 0.2) is 6.10 Å². The van der Waals surface area contributed by atoms with Crippen molar-refractivity contribution in [1.82, 2.24) is 10.2 Å². The zero-order valence-corrected chi connectivity index (χ0v) is 16.3. The molecule has 27 heavy (non-hydrogen) atoms. The van der Waals surface area contributed by atoms with Crippen LogP contribution in [0.4, 0.5) is 0 Å². The molecule has 146 valence electrons. The van der Waals surface area contributed by atoms with Gasteiger partial charge in [0.1, 0.15) is 10.9 Å². The molecule has 0 unspecified atom stereocenters. The topological polar surface area (TPSA) is 84.9 Å². The fourth-order valence-electron chi connectivity index (χ4n) is 3.54. The number of hydrogen-bond donors (Lipinski definition) is 1. The molecule has 7 nitrogen and oxygen atoms in total. The number of hydrogen-bond acceptors (Lipinski definition) is 6.